The third-order valence-corrected chi connectivity index (χ3v) is 12.0. The number of carbonyl (C=O) groups excluding carboxylic acids is 1. The standard InChI is InChI=1S/C29H41NO4SSi/c1-7-14-25(34-36(5,6)29(2,3)4)26(32-20-23-17-12-9-13-18-23)27(31)30-24(21-33-28(30)35)19-22-15-10-8-11-16-22/h8-13,15-18,24-26H,7,14,19-21H2,1-6H3/t24-,25+,26+/m0/s1. The van der Waals surface area contributed by atoms with E-state index in [0.717, 1.165) is 24.0 Å². The highest BCUT2D eigenvalue weighted by Gasteiger charge is 2.46. The van der Waals surface area contributed by atoms with Gasteiger partial charge in [0.05, 0.1) is 18.8 Å². The molecule has 3 rings (SSSR count). The number of hydrogen-bond donors (Lipinski definition) is 0. The van der Waals surface area contributed by atoms with Crippen molar-refractivity contribution in [3.63, 3.8) is 0 Å². The van der Waals surface area contributed by atoms with Gasteiger partial charge in [-0.2, -0.15) is 0 Å². The van der Waals surface area contributed by atoms with E-state index in [1.165, 1.54) is 0 Å². The Morgan fingerprint density at radius 3 is 2.22 bits per heavy atom. The van der Waals surface area contributed by atoms with Gasteiger partial charge in [-0.05, 0) is 54.3 Å². The van der Waals surface area contributed by atoms with Gasteiger partial charge in [0.1, 0.15) is 6.61 Å². The number of thiocarbonyl (C=S) groups is 1. The first kappa shape index (κ1) is 28.5. The first-order valence-electron chi connectivity index (χ1n) is 12.9. The number of rotatable bonds is 11. The minimum absolute atomic E-state index is 0.00786. The number of carbonyl (C=O) groups is 1. The highest BCUT2D eigenvalue weighted by atomic mass is 32.1. The molecule has 36 heavy (non-hydrogen) atoms. The Morgan fingerprint density at radius 1 is 1.08 bits per heavy atom. The van der Waals surface area contributed by atoms with Crippen LogP contribution in [0.25, 0.3) is 0 Å². The minimum Gasteiger partial charge on any atom is -0.468 e. The van der Waals surface area contributed by atoms with Crippen LogP contribution in [0.1, 0.15) is 51.7 Å². The van der Waals surface area contributed by atoms with Crippen molar-refractivity contribution in [2.45, 2.75) is 89.9 Å². The average molecular weight is 528 g/mol. The summed E-state index contributed by atoms with van der Waals surface area (Å²) < 4.78 is 19.0. The van der Waals surface area contributed by atoms with Crippen LogP contribution in [0, 0.1) is 0 Å². The lowest BCUT2D eigenvalue weighted by Gasteiger charge is -2.41. The van der Waals surface area contributed by atoms with Crippen LogP contribution in [0.2, 0.25) is 18.1 Å². The fourth-order valence-electron chi connectivity index (χ4n) is 4.11. The quantitative estimate of drug-likeness (QED) is 0.246. The molecular weight excluding hydrogens is 486 g/mol. The molecule has 0 aromatic heterocycles. The molecule has 0 aliphatic carbocycles. The van der Waals surface area contributed by atoms with E-state index in [2.05, 4.69) is 52.9 Å². The summed E-state index contributed by atoms with van der Waals surface area (Å²) in [6.07, 6.45) is 1.12. The maximum absolute atomic E-state index is 14.2. The van der Waals surface area contributed by atoms with E-state index in [9.17, 15) is 4.79 Å². The fourth-order valence-corrected chi connectivity index (χ4v) is 5.77. The third kappa shape index (κ3) is 7.25. The van der Waals surface area contributed by atoms with Crippen molar-refractivity contribution < 1.29 is 18.7 Å². The summed E-state index contributed by atoms with van der Waals surface area (Å²) in [5.41, 5.74) is 2.15. The van der Waals surface area contributed by atoms with Crippen LogP contribution >= 0.6 is 12.2 Å². The summed E-state index contributed by atoms with van der Waals surface area (Å²) in [4.78, 5) is 15.8. The number of amides is 1. The molecule has 2 aromatic carbocycles. The first-order chi connectivity index (χ1) is 17.0. The summed E-state index contributed by atoms with van der Waals surface area (Å²) in [5, 5.41) is 0.227. The fraction of sp³-hybridized carbons (Fsp3) is 0.517. The topological polar surface area (TPSA) is 48.0 Å². The largest absolute Gasteiger partial charge is 0.468 e. The Hall–Kier alpha value is -2.06. The number of ether oxygens (including phenoxy) is 2. The Labute approximate surface area is 223 Å². The summed E-state index contributed by atoms with van der Waals surface area (Å²) in [6, 6.07) is 19.9. The van der Waals surface area contributed by atoms with Gasteiger partial charge in [0, 0.05) is 0 Å². The molecular formula is C29H41NO4SSi. The van der Waals surface area contributed by atoms with Crippen LogP contribution in [-0.2, 0) is 31.7 Å². The molecule has 0 saturated carbocycles. The molecule has 1 amide bonds. The van der Waals surface area contributed by atoms with Gasteiger partial charge in [-0.3, -0.25) is 9.69 Å². The molecule has 1 aliphatic rings. The van der Waals surface area contributed by atoms with Gasteiger partial charge in [-0.25, -0.2) is 0 Å². The van der Waals surface area contributed by atoms with E-state index < -0.39 is 14.4 Å². The molecule has 1 fully saturated rings. The lowest BCUT2D eigenvalue weighted by Crippen LogP contribution is -2.54. The number of nitrogens with zero attached hydrogens (tertiary/aromatic N) is 1. The maximum atomic E-state index is 14.2. The predicted molar refractivity (Wildman–Crippen MR) is 151 cm³/mol. The van der Waals surface area contributed by atoms with Gasteiger partial charge in [0.2, 0.25) is 0 Å². The lowest BCUT2D eigenvalue weighted by molar-refractivity contribution is -0.149. The minimum atomic E-state index is -2.17. The molecule has 1 saturated heterocycles. The van der Waals surface area contributed by atoms with Gasteiger partial charge in [-0.1, -0.05) is 94.8 Å². The molecule has 0 bridgehead atoms. The molecule has 0 unspecified atom stereocenters. The Morgan fingerprint density at radius 2 is 1.67 bits per heavy atom. The molecule has 0 N–H and O–H groups in total. The lowest BCUT2D eigenvalue weighted by atomic mass is 10.0. The maximum Gasteiger partial charge on any atom is 0.266 e. The molecule has 1 aliphatic heterocycles. The van der Waals surface area contributed by atoms with Crippen molar-refractivity contribution in [3.8, 4) is 0 Å². The normalized spacial score (nSPS) is 18.1. The van der Waals surface area contributed by atoms with Crippen LogP contribution in [-0.4, -0.2) is 49.2 Å². The van der Waals surface area contributed by atoms with Gasteiger partial charge in [-0.15, -0.1) is 0 Å². The van der Waals surface area contributed by atoms with Crippen molar-refractivity contribution >= 4 is 31.6 Å². The second-order valence-corrected chi connectivity index (χ2v) is 16.2. The third-order valence-electron chi connectivity index (χ3n) is 7.19. The molecule has 0 spiro atoms. The highest BCUT2D eigenvalue weighted by Crippen LogP contribution is 2.38. The molecule has 2 aromatic rings. The number of hydrogen-bond acceptors (Lipinski definition) is 5. The monoisotopic (exact) mass is 527 g/mol. The Balaban J connectivity index is 1.91. The van der Waals surface area contributed by atoms with Crippen molar-refractivity contribution in [3.05, 3.63) is 71.8 Å². The molecule has 3 atom stereocenters. The van der Waals surface area contributed by atoms with Crippen LogP contribution < -0.4 is 0 Å². The predicted octanol–water partition coefficient (Wildman–Crippen LogP) is 6.52. The SMILES string of the molecule is CCC[C@@H](O[Si](C)(C)C(C)(C)C)[C@@H](OCc1ccccc1)C(=O)N1C(=S)OC[C@@H]1Cc1ccccc1. The molecule has 5 nitrogen and oxygen atoms in total. The number of benzene rings is 2. The van der Waals surface area contributed by atoms with E-state index in [-0.39, 0.29) is 28.3 Å². The van der Waals surface area contributed by atoms with Gasteiger partial charge < -0.3 is 13.9 Å². The van der Waals surface area contributed by atoms with Crippen LogP contribution in [0.15, 0.2) is 60.7 Å². The highest BCUT2D eigenvalue weighted by molar-refractivity contribution is 7.80. The average Bonchev–Trinajstić information content (AvgIpc) is 3.19. The van der Waals surface area contributed by atoms with Crippen molar-refractivity contribution in [1.29, 1.82) is 0 Å². The molecule has 0 radical (unpaired) electrons. The van der Waals surface area contributed by atoms with E-state index in [4.69, 9.17) is 26.1 Å². The molecule has 7 heteroatoms. The van der Waals surface area contributed by atoms with Crippen molar-refractivity contribution in [2.24, 2.45) is 0 Å². The Kier molecular flexibility index (Phi) is 9.86. The summed E-state index contributed by atoms with van der Waals surface area (Å²) in [5.74, 6) is -0.175. The van der Waals surface area contributed by atoms with E-state index in [1.807, 2.05) is 48.5 Å². The second-order valence-electron chi connectivity index (χ2n) is 11.1. The van der Waals surface area contributed by atoms with E-state index in [1.54, 1.807) is 4.90 Å². The van der Waals surface area contributed by atoms with Crippen LogP contribution in [0.3, 0.4) is 0 Å². The van der Waals surface area contributed by atoms with Gasteiger partial charge in [0.25, 0.3) is 11.1 Å². The Bertz CT molecular complexity index is 993. The van der Waals surface area contributed by atoms with Gasteiger partial charge >= 0.3 is 0 Å². The van der Waals surface area contributed by atoms with Crippen molar-refractivity contribution in [2.75, 3.05) is 6.61 Å². The summed E-state index contributed by atoms with van der Waals surface area (Å²) >= 11 is 5.52. The van der Waals surface area contributed by atoms with E-state index in [0.29, 0.717) is 19.6 Å². The zero-order valence-corrected chi connectivity index (χ0v) is 24.3. The zero-order chi connectivity index (χ0) is 26.3. The zero-order valence-electron chi connectivity index (χ0n) is 22.5. The van der Waals surface area contributed by atoms with E-state index >= 15 is 0 Å². The van der Waals surface area contributed by atoms with Crippen LogP contribution in [0.4, 0.5) is 0 Å². The van der Waals surface area contributed by atoms with Gasteiger partial charge in [0.15, 0.2) is 14.4 Å². The first-order valence-corrected chi connectivity index (χ1v) is 16.2. The summed E-state index contributed by atoms with van der Waals surface area (Å²) in [6.45, 7) is 13.9. The molecule has 196 valence electrons. The summed E-state index contributed by atoms with van der Waals surface area (Å²) in [7, 11) is -2.17. The van der Waals surface area contributed by atoms with Crippen LogP contribution in [0.5, 0.6) is 0 Å². The molecule has 1 heterocycles. The van der Waals surface area contributed by atoms with Crippen molar-refractivity contribution in [1.82, 2.24) is 4.90 Å². The smallest absolute Gasteiger partial charge is 0.266 e. The second kappa shape index (κ2) is 12.5.